The van der Waals surface area contributed by atoms with Gasteiger partial charge in [-0.1, -0.05) is 12.1 Å². The Morgan fingerprint density at radius 3 is 2.70 bits per heavy atom. The van der Waals surface area contributed by atoms with E-state index >= 15 is 0 Å². The van der Waals surface area contributed by atoms with Crippen molar-refractivity contribution in [3.63, 3.8) is 0 Å². The van der Waals surface area contributed by atoms with Gasteiger partial charge in [-0.3, -0.25) is 4.79 Å². The Hall–Kier alpha value is -4.85. The summed E-state index contributed by atoms with van der Waals surface area (Å²) in [6, 6.07) is 12.4. The molecule has 6 rings (SSSR count). The first-order chi connectivity index (χ1) is 19.4. The minimum Gasteiger partial charge on any atom is -0.454 e. The summed E-state index contributed by atoms with van der Waals surface area (Å²) in [6.07, 6.45) is 6.79. The quantitative estimate of drug-likeness (QED) is 0.258. The highest BCUT2D eigenvalue weighted by molar-refractivity contribution is 5.99. The van der Waals surface area contributed by atoms with Gasteiger partial charge in [0.15, 0.2) is 17.2 Å². The second-order valence-electron chi connectivity index (χ2n) is 9.99. The Labute approximate surface area is 228 Å². The first-order valence-electron chi connectivity index (χ1n) is 13.0. The van der Waals surface area contributed by atoms with Gasteiger partial charge < -0.3 is 15.4 Å². The van der Waals surface area contributed by atoms with Crippen molar-refractivity contribution in [3.8, 4) is 28.8 Å². The van der Waals surface area contributed by atoms with Crippen molar-refractivity contribution in [1.29, 1.82) is 5.26 Å². The van der Waals surface area contributed by atoms with Gasteiger partial charge >= 0.3 is 0 Å². The molecule has 0 spiro atoms. The van der Waals surface area contributed by atoms with Gasteiger partial charge in [-0.15, -0.1) is 0 Å². The van der Waals surface area contributed by atoms with Crippen LogP contribution >= 0.6 is 0 Å². The SMILES string of the molecule is N#C/C(=C\C1CC1)C(=O)N1CCC[C@H]1Cn1nc(-c2ccc(Oc3cccc(F)c3F)cc2)c2c(N)ncnc21. The van der Waals surface area contributed by atoms with Gasteiger partial charge in [-0.25, -0.2) is 19.0 Å². The van der Waals surface area contributed by atoms with Crippen LogP contribution in [-0.2, 0) is 11.3 Å². The Balaban J connectivity index is 1.28. The normalized spacial score (nSPS) is 17.3. The average Bonchev–Trinajstić information content (AvgIpc) is 3.54. The van der Waals surface area contributed by atoms with Crippen LogP contribution in [0.1, 0.15) is 25.7 Å². The second-order valence-corrected chi connectivity index (χ2v) is 9.99. The number of rotatable bonds is 7. The van der Waals surface area contributed by atoms with E-state index in [9.17, 15) is 18.8 Å². The highest BCUT2D eigenvalue weighted by Gasteiger charge is 2.33. The van der Waals surface area contributed by atoms with Crippen molar-refractivity contribution >= 4 is 22.8 Å². The maximum absolute atomic E-state index is 14.0. The number of nitrogens with two attached hydrogens (primary N) is 1. The Bertz CT molecular complexity index is 1670. The van der Waals surface area contributed by atoms with E-state index in [1.807, 2.05) is 0 Å². The van der Waals surface area contributed by atoms with Gasteiger partial charge in [0, 0.05) is 12.1 Å². The van der Waals surface area contributed by atoms with E-state index in [2.05, 4.69) is 16.0 Å². The maximum Gasteiger partial charge on any atom is 0.264 e. The van der Waals surface area contributed by atoms with E-state index in [1.165, 1.54) is 18.5 Å². The van der Waals surface area contributed by atoms with Crippen LogP contribution in [0.25, 0.3) is 22.3 Å². The molecule has 0 unspecified atom stereocenters. The zero-order valence-electron chi connectivity index (χ0n) is 21.4. The van der Waals surface area contributed by atoms with Crippen LogP contribution in [-0.4, -0.2) is 43.1 Å². The van der Waals surface area contributed by atoms with Crippen molar-refractivity contribution in [1.82, 2.24) is 24.6 Å². The molecule has 2 aliphatic rings. The fraction of sp³-hybridized carbons (Fsp3) is 0.276. The molecular weight excluding hydrogens is 516 g/mol. The molecule has 1 aliphatic heterocycles. The standard InChI is InChI=1S/C29H25F2N7O2/c30-22-4-1-5-23(25(22)31)40-21-10-8-18(9-11-21)26-24-27(33)34-16-35-28(24)38(36-26)15-20-3-2-12-37(20)29(39)19(14-32)13-17-6-7-17/h1,4-5,8-11,13,16-17,20H,2-3,6-7,12,15H2,(H2,33,34,35)/b19-13+/t20-/m0/s1. The number of carbonyl (C=O) groups is 1. The highest BCUT2D eigenvalue weighted by Crippen LogP contribution is 2.34. The molecule has 11 heteroatoms. The fourth-order valence-corrected chi connectivity index (χ4v) is 5.03. The summed E-state index contributed by atoms with van der Waals surface area (Å²) in [6.45, 7) is 0.949. The third-order valence-corrected chi connectivity index (χ3v) is 7.23. The van der Waals surface area contributed by atoms with Gasteiger partial charge in [0.25, 0.3) is 5.91 Å². The number of nitrogens with zero attached hydrogens (tertiary/aromatic N) is 6. The number of halogens is 2. The average molecular weight is 542 g/mol. The van der Waals surface area contributed by atoms with E-state index in [-0.39, 0.29) is 29.1 Å². The fourth-order valence-electron chi connectivity index (χ4n) is 5.03. The first-order valence-corrected chi connectivity index (χ1v) is 13.0. The molecule has 0 bridgehead atoms. The number of amides is 1. The minimum atomic E-state index is -1.06. The number of benzene rings is 2. The van der Waals surface area contributed by atoms with Crippen molar-refractivity contribution < 1.29 is 18.3 Å². The predicted octanol–water partition coefficient (Wildman–Crippen LogP) is 5.00. The number of fused-ring (bicyclic) bond motifs is 1. The van der Waals surface area contributed by atoms with E-state index in [4.69, 9.17) is 15.6 Å². The maximum atomic E-state index is 14.0. The largest absolute Gasteiger partial charge is 0.454 e. The van der Waals surface area contributed by atoms with E-state index in [1.54, 1.807) is 39.9 Å². The van der Waals surface area contributed by atoms with E-state index in [0.717, 1.165) is 31.7 Å². The molecule has 9 nitrogen and oxygen atoms in total. The summed E-state index contributed by atoms with van der Waals surface area (Å²) >= 11 is 0. The molecule has 3 heterocycles. The summed E-state index contributed by atoms with van der Waals surface area (Å²) in [5, 5.41) is 15.0. The Morgan fingerprint density at radius 2 is 1.95 bits per heavy atom. The van der Waals surface area contributed by atoms with Crippen molar-refractivity contribution in [3.05, 3.63) is 72.1 Å². The van der Waals surface area contributed by atoms with Crippen LogP contribution in [0.4, 0.5) is 14.6 Å². The van der Waals surface area contributed by atoms with E-state index in [0.29, 0.717) is 47.0 Å². The highest BCUT2D eigenvalue weighted by atomic mass is 19.2. The zero-order valence-corrected chi connectivity index (χ0v) is 21.4. The van der Waals surface area contributed by atoms with Gasteiger partial charge in [0.05, 0.1) is 18.0 Å². The Morgan fingerprint density at radius 1 is 1.15 bits per heavy atom. The topological polar surface area (TPSA) is 123 Å². The monoisotopic (exact) mass is 541 g/mol. The molecule has 1 atom stereocenters. The zero-order chi connectivity index (χ0) is 27.8. The van der Waals surface area contributed by atoms with E-state index < -0.39 is 11.6 Å². The van der Waals surface area contributed by atoms with Crippen LogP contribution in [0.3, 0.4) is 0 Å². The molecule has 2 aromatic heterocycles. The number of carbonyl (C=O) groups excluding carboxylic acids is 1. The number of hydrogen-bond donors (Lipinski definition) is 1. The molecule has 0 radical (unpaired) electrons. The Kier molecular flexibility index (Phi) is 6.59. The lowest BCUT2D eigenvalue weighted by Crippen LogP contribution is -2.39. The molecule has 1 amide bonds. The van der Waals surface area contributed by atoms with Crippen LogP contribution in [0.2, 0.25) is 0 Å². The second kappa shape index (κ2) is 10.4. The predicted molar refractivity (Wildman–Crippen MR) is 143 cm³/mol. The number of hydrogen-bond acceptors (Lipinski definition) is 7. The lowest BCUT2D eigenvalue weighted by atomic mass is 10.1. The number of nitriles is 1. The van der Waals surface area contributed by atoms with Crippen molar-refractivity contribution in [2.45, 2.75) is 38.3 Å². The smallest absolute Gasteiger partial charge is 0.264 e. The first kappa shape index (κ1) is 25.4. The summed E-state index contributed by atoms with van der Waals surface area (Å²) in [7, 11) is 0. The third kappa shape index (κ3) is 4.84. The van der Waals surface area contributed by atoms with Gasteiger partial charge in [0.2, 0.25) is 5.82 Å². The number of aromatic nitrogens is 4. The molecule has 1 aliphatic carbocycles. The third-order valence-electron chi connectivity index (χ3n) is 7.23. The van der Waals surface area contributed by atoms with Crippen LogP contribution in [0.15, 0.2) is 60.4 Å². The number of ether oxygens (including phenoxy) is 1. The van der Waals surface area contributed by atoms with Crippen LogP contribution in [0, 0.1) is 28.9 Å². The van der Waals surface area contributed by atoms with Gasteiger partial charge in [0.1, 0.15) is 35.2 Å². The molecule has 40 heavy (non-hydrogen) atoms. The number of nitrogen functional groups attached to an aromatic ring is 1. The molecule has 4 aromatic rings. The van der Waals surface area contributed by atoms with Crippen LogP contribution in [0.5, 0.6) is 11.5 Å². The molecule has 202 valence electrons. The minimum absolute atomic E-state index is 0.160. The molecule has 1 saturated heterocycles. The molecule has 2 fully saturated rings. The van der Waals surface area contributed by atoms with Crippen molar-refractivity contribution in [2.24, 2.45) is 5.92 Å². The van der Waals surface area contributed by atoms with Gasteiger partial charge in [-0.05, 0) is 68.0 Å². The summed E-state index contributed by atoms with van der Waals surface area (Å²) in [5.74, 6) is -1.63. The van der Waals surface area contributed by atoms with Gasteiger partial charge in [-0.2, -0.15) is 14.8 Å². The number of anilines is 1. The summed E-state index contributed by atoms with van der Waals surface area (Å²) in [4.78, 5) is 23.5. The number of likely N-dealkylation sites (tertiary alicyclic amines) is 1. The molecular formula is C29H25F2N7O2. The van der Waals surface area contributed by atoms with Crippen LogP contribution < -0.4 is 10.5 Å². The summed E-state index contributed by atoms with van der Waals surface area (Å²) < 4.78 is 34.8. The summed E-state index contributed by atoms with van der Waals surface area (Å²) in [5.41, 5.74) is 8.21. The lowest BCUT2D eigenvalue weighted by Gasteiger charge is -2.24. The van der Waals surface area contributed by atoms with Crippen molar-refractivity contribution in [2.75, 3.05) is 12.3 Å². The lowest BCUT2D eigenvalue weighted by molar-refractivity contribution is -0.127. The number of allylic oxidation sites excluding steroid dienone is 1. The molecule has 1 saturated carbocycles. The molecule has 2 N–H and O–H groups in total. The molecule has 2 aromatic carbocycles.